The molecule has 1 aromatic carbocycles. The highest BCUT2D eigenvalue weighted by molar-refractivity contribution is 6.20. The van der Waals surface area contributed by atoms with Gasteiger partial charge in [-0.1, -0.05) is 17.2 Å². The maximum atomic E-state index is 12.2. The van der Waals surface area contributed by atoms with Crippen LogP contribution in [0.2, 0.25) is 0 Å². The number of fused-ring (bicyclic) bond motifs is 1. The van der Waals surface area contributed by atoms with Gasteiger partial charge in [-0.25, -0.2) is 4.79 Å². The summed E-state index contributed by atoms with van der Waals surface area (Å²) in [4.78, 5) is 41.5. The Bertz CT molecular complexity index is 634. The van der Waals surface area contributed by atoms with Crippen LogP contribution in [0.15, 0.2) is 24.3 Å². The zero-order valence-electron chi connectivity index (χ0n) is 11.9. The molecule has 0 atom stereocenters. The van der Waals surface area contributed by atoms with E-state index in [4.69, 9.17) is 9.57 Å². The maximum Gasteiger partial charge on any atom is 0.336 e. The molecular formula is C16H15NO5. The number of amides is 2. The van der Waals surface area contributed by atoms with Gasteiger partial charge in [0.1, 0.15) is 0 Å². The molecule has 1 aliphatic carbocycles. The van der Waals surface area contributed by atoms with Crippen molar-refractivity contribution in [2.45, 2.75) is 19.3 Å². The van der Waals surface area contributed by atoms with Crippen molar-refractivity contribution in [1.29, 1.82) is 0 Å². The first-order chi connectivity index (χ1) is 10.6. The zero-order chi connectivity index (χ0) is 15.3. The lowest BCUT2D eigenvalue weighted by Gasteiger charge is -2.42. The number of carbonyl (C=O) groups is 3. The molecule has 0 N–H and O–H groups in total. The summed E-state index contributed by atoms with van der Waals surface area (Å²) in [6.45, 7) is 1.42. The number of hydroxylamine groups is 2. The topological polar surface area (TPSA) is 72.9 Å². The molecule has 114 valence electrons. The fraction of sp³-hybridized carbons (Fsp3) is 0.438. The van der Waals surface area contributed by atoms with Crippen LogP contribution in [0.5, 0.6) is 0 Å². The number of ether oxygens (including phenoxy) is 1. The molecule has 2 aliphatic heterocycles. The van der Waals surface area contributed by atoms with E-state index >= 15 is 0 Å². The summed E-state index contributed by atoms with van der Waals surface area (Å²) in [5.41, 5.74) is 0.648. The van der Waals surface area contributed by atoms with Crippen LogP contribution in [0, 0.1) is 11.3 Å². The molecule has 2 fully saturated rings. The standard InChI is InChI=1S/C16H15NO5/c18-13-11-3-1-2-4-12(11)14(19)17(13)22-15(20)10-7-16(8-10)5-6-21-9-16/h1-4,10H,5-9H2. The minimum Gasteiger partial charge on any atom is -0.381 e. The number of nitrogens with zero attached hydrogens (tertiary/aromatic N) is 1. The summed E-state index contributed by atoms with van der Waals surface area (Å²) >= 11 is 0. The van der Waals surface area contributed by atoms with Crippen molar-refractivity contribution in [2.75, 3.05) is 13.2 Å². The normalized spacial score (nSPS) is 29.6. The molecule has 0 bridgehead atoms. The number of hydrogen-bond donors (Lipinski definition) is 0. The van der Waals surface area contributed by atoms with E-state index in [9.17, 15) is 14.4 Å². The Hall–Kier alpha value is -2.21. The van der Waals surface area contributed by atoms with Crippen LogP contribution in [-0.4, -0.2) is 36.1 Å². The van der Waals surface area contributed by atoms with Crippen molar-refractivity contribution in [3.63, 3.8) is 0 Å². The highest BCUT2D eigenvalue weighted by Crippen LogP contribution is 2.51. The van der Waals surface area contributed by atoms with Gasteiger partial charge in [-0.3, -0.25) is 9.59 Å². The number of carbonyl (C=O) groups excluding carboxylic acids is 3. The van der Waals surface area contributed by atoms with Crippen molar-refractivity contribution in [2.24, 2.45) is 11.3 Å². The third-order valence-corrected chi connectivity index (χ3v) is 4.82. The van der Waals surface area contributed by atoms with E-state index in [0.717, 1.165) is 13.0 Å². The molecule has 3 aliphatic rings. The van der Waals surface area contributed by atoms with E-state index < -0.39 is 17.8 Å². The monoisotopic (exact) mass is 301 g/mol. The summed E-state index contributed by atoms with van der Waals surface area (Å²) in [7, 11) is 0. The number of benzene rings is 1. The molecule has 2 amide bonds. The van der Waals surface area contributed by atoms with Crippen LogP contribution < -0.4 is 0 Å². The molecule has 6 nitrogen and oxygen atoms in total. The number of rotatable bonds is 2. The van der Waals surface area contributed by atoms with Gasteiger partial charge in [0.2, 0.25) is 0 Å². The molecule has 6 heteroatoms. The van der Waals surface area contributed by atoms with E-state index in [0.29, 0.717) is 24.5 Å². The molecule has 0 aromatic heterocycles. The second-order valence-electron chi connectivity index (χ2n) is 6.27. The lowest BCUT2D eigenvalue weighted by atomic mass is 9.62. The van der Waals surface area contributed by atoms with Crippen LogP contribution in [0.1, 0.15) is 40.0 Å². The lowest BCUT2D eigenvalue weighted by molar-refractivity contribution is -0.181. The van der Waals surface area contributed by atoms with Crippen molar-refractivity contribution >= 4 is 17.8 Å². The Morgan fingerprint density at radius 2 is 1.82 bits per heavy atom. The highest BCUT2D eigenvalue weighted by atomic mass is 16.7. The second-order valence-corrected chi connectivity index (χ2v) is 6.27. The SMILES string of the molecule is O=C(ON1C(=O)c2ccccc2C1=O)C1CC2(CCOC2)C1. The Morgan fingerprint density at radius 3 is 2.36 bits per heavy atom. The molecule has 0 unspecified atom stereocenters. The van der Waals surface area contributed by atoms with E-state index in [1.54, 1.807) is 24.3 Å². The quantitative estimate of drug-likeness (QED) is 0.775. The largest absolute Gasteiger partial charge is 0.381 e. The zero-order valence-corrected chi connectivity index (χ0v) is 11.9. The summed E-state index contributed by atoms with van der Waals surface area (Å²) in [5.74, 6) is -1.92. The Kier molecular flexibility index (Phi) is 2.84. The number of hydrogen-bond acceptors (Lipinski definition) is 5. The van der Waals surface area contributed by atoms with E-state index in [2.05, 4.69) is 0 Å². The minimum atomic E-state index is -0.577. The highest BCUT2D eigenvalue weighted by Gasteiger charge is 2.51. The van der Waals surface area contributed by atoms with E-state index in [-0.39, 0.29) is 22.5 Å². The average Bonchev–Trinajstić information content (AvgIpc) is 3.06. The Balaban J connectivity index is 1.43. The molecule has 22 heavy (non-hydrogen) atoms. The molecule has 2 heterocycles. The molecular weight excluding hydrogens is 286 g/mol. The molecule has 1 spiro atoms. The van der Waals surface area contributed by atoms with Gasteiger partial charge in [0.05, 0.1) is 23.7 Å². The van der Waals surface area contributed by atoms with Crippen LogP contribution in [0.25, 0.3) is 0 Å². The predicted octanol–water partition coefficient (Wildman–Crippen LogP) is 1.56. The first-order valence-corrected chi connectivity index (χ1v) is 7.37. The third kappa shape index (κ3) is 1.87. The second kappa shape index (κ2) is 4.64. The van der Waals surface area contributed by atoms with Crippen molar-refractivity contribution in [3.8, 4) is 0 Å². The third-order valence-electron chi connectivity index (χ3n) is 4.82. The van der Waals surface area contributed by atoms with Gasteiger partial charge in [-0.15, -0.1) is 0 Å². The molecule has 1 saturated carbocycles. The van der Waals surface area contributed by atoms with Crippen LogP contribution in [0.3, 0.4) is 0 Å². The molecule has 1 saturated heterocycles. The average molecular weight is 301 g/mol. The summed E-state index contributed by atoms with van der Waals surface area (Å²) < 4.78 is 5.37. The summed E-state index contributed by atoms with van der Waals surface area (Å²) in [6, 6.07) is 6.45. The Labute approximate surface area is 126 Å². The molecule has 4 rings (SSSR count). The van der Waals surface area contributed by atoms with Crippen LogP contribution in [-0.2, 0) is 14.4 Å². The van der Waals surface area contributed by atoms with Gasteiger partial charge in [-0.2, -0.15) is 0 Å². The summed E-state index contributed by atoms with van der Waals surface area (Å²) in [6.07, 6.45) is 2.37. The fourth-order valence-electron chi connectivity index (χ4n) is 3.54. The van der Waals surface area contributed by atoms with Crippen LogP contribution >= 0.6 is 0 Å². The van der Waals surface area contributed by atoms with Gasteiger partial charge in [-0.05, 0) is 36.8 Å². The van der Waals surface area contributed by atoms with Gasteiger partial charge in [0.15, 0.2) is 0 Å². The first kappa shape index (κ1) is 13.5. The minimum absolute atomic E-state index is 0.103. The van der Waals surface area contributed by atoms with E-state index in [1.165, 1.54) is 0 Å². The molecule has 0 radical (unpaired) electrons. The Morgan fingerprint density at radius 1 is 1.18 bits per heavy atom. The van der Waals surface area contributed by atoms with Gasteiger partial charge < -0.3 is 9.57 Å². The maximum absolute atomic E-state index is 12.2. The molecule has 1 aromatic rings. The van der Waals surface area contributed by atoms with E-state index in [1.807, 2.05) is 0 Å². The summed E-state index contributed by atoms with van der Waals surface area (Å²) in [5, 5.41) is 0.586. The van der Waals surface area contributed by atoms with Gasteiger partial charge in [0.25, 0.3) is 11.8 Å². The smallest absolute Gasteiger partial charge is 0.336 e. The van der Waals surface area contributed by atoms with Gasteiger partial charge >= 0.3 is 5.97 Å². The van der Waals surface area contributed by atoms with Crippen molar-refractivity contribution in [3.05, 3.63) is 35.4 Å². The lowest BCUT2D eigenvalue weighted by Crippen LogP contribution is -2.45. The van der Waals surface area contributed by atoms with Gasteiger partial charge in [0, 0.05) is 6.61 Å². The number of imide groups is 1. The fourth-order valence-corrected chi connectivity index (χ4v) is 3.54. The first-order valence-electron chi connectivity index (χ1n) is 7.37. The van der Waals surface area contributed by atoms with Crippen molar-refractivity contribution < 1.29 is 24.0 Å². The van der Waals surface area contributed by atoms with Crippen molar-refractivity contribution in [1.82, 2.24) is 5.06 Å². The predicted molar refractivity (Wildman–Crippen MR) is 73.6 cm³/mol. The van der Waals surface area contributed by atoms with Crippen LogP contribution in [0.4, 0.5) is 0 Å².